The minimum atomic E-state index is 0.0903. The summed E-state index contributed by atoms with van der Waals surface area (Å²) in [5.74, 6) is 0.0903. The molecule has 1 amide bonds. The second kappa shape index (κ2) is 6.68. The van der Waals surface area contributed by atoms with Crippen molar-refractivity contribution in [2.45, 2.75) is 39.0 Å². The average molecular weight is 262 g/mol. The number of hydrogen-bond acceptors (Lipinski definition) is 3. The molecule has 1 atom stereocenters. The molecule has 0 saturated heterocycles. The van der Waals surface area contributed by atoms with E-state index in [1.165, 1.54) is 11.1 Å². The fraction of sp³-hybridized carbons (Fsp3) is 0.533. The van der Waals surface area contributed by atoms with Crippen LogP contribution in [0.5, 0.6) is 0 Å². The highest BCUT2D eigenvalue weighted by molar-refractivity contribution is 5.76. The molecule has 0 fully saturated rings. The summed E-state index contributed by atoms with van der Waals surface area (Å²) >= 11 is 0. The van der Waals surface area contributed by atoms with Crippen LogP contribution in [0.2, 0.25) is 0 Å². The molecule has 1 aromatic rings. The molecule has 4 nitrogen and oxygen atoms in total. The van der Waals surface area contributed by atoms with E-state index in [0.29, 0.717) is 26.2 Å². The van der Waals surface area contributed by atoms with Gasteiger partial charge in [-0.1, -0.05) is 24.3 Å². The van der Waals surface area contributed by atoms with Gasteiger partial charge in [-0.25, -0.2) is 0 Å². The van der Waals surface area contributed by atoms with Crippen molar-refractivity contribution in [1.29, 1.82) is 0 Å². The Bertz CT molecular complexity index is 432. The smallest absolute Gasteiger partial charge is 0.221 e. The molecule has 0 aromatic heterocycles. The van der Waals surface area contributed by atoms with Crippen LogP contribution in [0.25, 0.3) is 0 Å². The van der Waals surface area contributed by atoms with E-state index in [9.17, 15) is 4.79 Å². The van der Waals surface area contributed by atoms with Crippen molar-refractivity contribution in [3.63, 3.8) is 0 Å². The zero-order chi connectivity index (χ0) is 13.7. The molecule has 0 aliphatic carbocycles. The lowest BCUT2D eigenvalue weighted by Gasteiger charge is -2.26. The number of benzene rings is 1. The third-order valence-electron chi connectivity index (χ3n) is 3.17. The van der Waals surface area contributed by atoms with Crippen molar-refractivity contribution in [3.8, 4) is 0 Å². The Hall–Kier alpha value is -1.39. The number of carbonyl (C=O) groups is 1. The Morgan fingerprint density at radius 2 is 2.21 bits per heavy atom. The molecule has 1 aliphatic rings. The molecular formula is C15H22N2O2. The van der Waals surface area contributed by atoms with Gasteiger partial charge >= 0.3 is 0 Å². The molecule has 104 valence electrons. The SMILES string of the molecule is CC(C)NC(=O)CCNC1COCc2ccccc21. The Balaban J connectivity index is 1.83. The van der Waals surface area contributed by atoms with Crippen LogP contribution < -0.4 is 10.6 Å². The molecule has 1 unspecified atom stereocenters. The van der Waals surface area contributed by atoms with Crippen molar-refractivity contribution in [3.05, 3.63) is 35.4 Å². The van der Waals surface area contributed by atoms with Crippen molar-refractivity contribution in [2.75, 3.05) is 13.2 Å². The van der Waals surface area contributed by atoms with Crippen LogP contribution in [0.3, 0.4) is 0 Å². The highest BCUT2D eigenvalue weighted by Crippen LogP contribution is 2.24. The van der Waals surface area contributed by atoms with Crippen LogP contribution in [0.1, 0.15) is 37.4 Å². The van der Waals surface area contributed by atoms with E-state index in [0.717, 1.165) is 0 Å². The summed E-state index contributed by atoms with van der Waals surface area (Å²) in [4.78, 5) is 11.6. The molecular weight excluding hydrogens is 240 g/mol. The molecule has 4 heteroatoms. The van der Waals surface area contributed by atoms with Gasteiger partial charge in [0, 0.05) is 19.0 Å². The first-order chi connectivity index (χ1) is 9.16. The minimum Gasteiger partial charge on any atom is -0.375 e. The zero-order valence-corrected chi connectivity index (χ0v) is 11.6. The molecule has 2 rings (SSSR count). The van der Waals surface area contributed by atoms with Crippen molar-refractivity contribution >= 4 is 5.91 Å². The summed E-state index contributed by atoms with van der Waals surface area (Å²) in [5.41, 5.74) is 2.52. The Morgan fingerprint density at radius 3 is 3.00 bits per heavy atom. The second-order valence-corrected chi connectivity index (χ2v) is 5.19. The van der Waals surface area contributed by atoms with Crippen molar-refractivity contribution in [2.24, 2.45) is 0 Å². The monoisotopic (exact) mass is 262 g/mol. The number of hydrogen-bond donors (Lipinski definition) is 2. The quantitative estimate of drug-likeness (QED) is 0.850. The van der Waals surface area contributed by atoms with E-state index in [1.807, 2.05) is 26.0 Å². The standard InChI is InChI=1S/C15H22N2O2/c1-11(2)17-15(18)7-8-16-14-10-19-9-12-5-3-4-6-13(12)14/h3-6,11,14,16H,7-10H2,1-2H3,(H,17,18). The lowest BCUT2D eigenvalue weighted by molar-refractivity contribution is -0.121. The van der Waals surface area contributed by atoms with Gasteiger partial charge < -0.3 is 15.4 Å². The van der Waals surface area contributed by atoms with Gasteiger partial charge in [-0.15, -0.1) is 0 Å². The fourth-order valence-corrected chi connectivity index (χ4v) is 2.31. The summed E-state index contributed by atoms with van der Waals surface area (Å²) in [6, 6.07) is 8.69. The van der Waals surface area contributed by atoms with Gasteiger partial charge in [-0.2, -0.15) is 0 Å². The normalized spacial score (nSPS) is 18.2. The summed E-state index contributed by atoms with van der Waals surface area (Å²) in [6.45, 7) is 5.96. The second-order valence-electron chi connectivity index (χ2n) is 5.19. The van der Waals surface area contributed by atoms with E-state index in [1.54, 1.807) is 0 Å². The maximum absolute atomic E-state index is 11.6. The molecule has 0 saturated carbocycles. The van der Waals surface area contributed by atoms with E-state index < -0.39 is 0 Å². The first-order valence-corrected chi connectivity index (χ1v) is 6.85. The Kier molecular flexibility index (Phi) is 4.93. The van der Waals surface area contributed by atoms with E-state index in [4.69, 9.17) is 4.74 Å². The fourth-order valence-electron chi connectivity index (χ4n) is 2.31. The summed E-state index contributed by atoms with van der Waals surface area (Å²) in [5, 5.41) is 6.29. The van der Waals surface area contributed by atoms with Crippen molar-refractivity contribution in [1.82, 2.24) is 10.6 Å². The number of carbonyl (C=O) groups excluding carboxylic acids is 1. The highest BCUT2D eigenvalue weighted by Gasteiger charge is 2.19. The third-order valence-corrected chi connectivity index (χ3v) is 3.17. The van der Waals surface area contributed by atoms with Crippen LogP contribution in [-0.2, 0) is 16.1 Å². The van der Waals surface area contributed by atoms with E-state index >= 15 is 0 Å². The molecule has 0 spiro atoms. The molecule has 1 aromatic carbocycles. The summed E-state index contributed by atoms with van der Waals surface area (Å²) in [7, 11) is 0. The summed E-state index contributed by atoms with van der Waals surface area (Å²) < 4.78 is 5.57. The number of ether oxygens (including phenoxy) is 1. The van der Waals surface area contributed by atoms with Gasteiger partial charge in [0.15, 0.2) is 0 Å². The predicted octanol–water partition coefficient (Wildman–Crippen LogP) is 1.76. The molecule has 0 bridgehead atoms. The van der Waals surface area contributed by atoms with Gasteiger partial charge in [0.2, 0.25) is 5.91 Å². The first kappa shape index (κ1) is 14.0. The van der Waals surface area contributed by atoms with Gasteiger partial charge in [0.25, 0.3) is 0 Å². The lowest BCUT2D eigenvalue weighted by Crippen LogP contribution is -2.35. The van der Waals surface area contributed by atoms with Gasteiger partial charge in [0.1, 0.15) is 0 Å². The minimum absolute atomic E-state index is 0.0903. The van der Waals surface area contributed by atoms with Gasteiger partial charge in [-0.05, 0) is 25.0 Å². The summed E-state index contributed by atoms with van der Waals surface area (Å²) in [6.07, 6.45) is 0.497. The van der Waals surface area contributed by atoms with Gasteiger partial charge in [-0.3, -0.25) is 4.79 Å². The van der Waals surface area contributed by atoms with Crippen molar-refractivity contribution < 1.29 is 9.53 Å². The van der Waals surface area contributed by atoms with Crippen LogP contribution in [0, 0.1) is 0 Å². The number of amides is 1. The molecule has 0 radical (unpaired) electrons. The van der Waals surface area contributed by atoms with E-state index in [-0.39, 0.29) is 18.0 Å². The topological polar surface area (TPSA) is 50.4 Å². The number of fused-ring (bicyclic) bond motifs is 1. The predicted molar refractivity (Wildman–Crippen MR) is 74.7 cm³/mol. The number of nitrogens with one attached hydrogen (secondary N) is 2. The van der Waals surface area contributed by atoms with Crippen LogP contribution in [0.15, 0.2) is 24.3 Å². The average Bonchev–Trinajstić information content (AvgIpc) is 2.38. The highest BCUT2D eigenvalue weighted by atomic mass is 16.5. The van der Waals surface area contributed by atoms with E-state index in [2.05, 4.69) is 22.8 Å². The zero-order valence-electron chi connectivity index (χ0n) is 11.6. The first-order valence-electron chi connectivity index (χ1n) is 6.85. The Morgan fingerprint density at radius 1 is 1.42 bits per heavy atom. The van der Waals surface area contributed by atoms with Crippen LogP contribution >= 0.6 is 0 Å². The largest absolute Gasteiger partial charge is 0.375 e. The maximum atomic E-state index is 11.6. The molecule has 19 heavy (non-hydrogen) atoms. The maximum Gasteiger partial charge on any atom is 0.221 e. The number of rotatable bonds is 5. The molecule has 1 heterocycles. The Labute approximate surface area is 114 Å². The van der Waals surface area contributed by atoms with Crippen LogP contribution in [-0.4, -0.2) is 25.1 Å². The molecule has 1 aliphatic heterocycles. The van der Waals surface area contributed by atoms with Crippen LogP contribution in [0.4, 0.5) is 0 Å². The lowest BCUT2D eigenvalue weighted by atomic mass is 9.99. The third kappa shape index (κ3) is 4.04. The van der Waals surface area contributed by atoms with Gasteiger partial charge in [0.05, 0.1) is 19.3 Å². The molecule has 2 N–H and O–H groups in total.